The molecule has 70 valence electrons. The lowest BCUT2D eigenvalue weighted by molar-refractivity contribution is -0.127. The Hall–Kier alpha value is -0.830. The Morgan fingerprint density at radius 1 is 1.46 bits per heavy atom. The largest absolute Gasteiger partial charge is 0.349 e. The van der Waals surface area contributed by atoms with Crippen LogP contribution in [0.15, 0.2) is 28.7 Å². The van der Waals surface area contributed by atoms with Crippen molar-refractivity contribution in [3.8, 4) is 0 Å². The maximum atomic E-state index is 11.3. The van der Waals surface area contributed by atoms with Crippen LogP contribution in [0.4, 0.5) is 0 Å². The van der Waals surface area contributed by atoms with Gasteiger partial charge in [-0.25, -0.2) is 0 Å². The van der Waals surface area contributed by atoms with E-state index in [0.717, 1.165) is 10.0 Å². The van der Waals surface area contributed by atoms with Gasteiger partial charge in [0.15, 0.2) is 0 Å². The molecule has 0 spiro atoms. The maximum absolute atomic E-state index is 11.3. The van der Waals surface area contributed by atoms with Crippen LogP contribution < -0.4 is 0 Å². The van der Waals surface area contributed by atoms with E-state index in [9.17, 15) is 4.79 Å². The predicted octanol–water partition coefficient (Wildman–Crippen LogP) is 2.08. The molecule has 0 unspecified atom stereocenters. The first kappa shape index (κ1) is 10.3. The third-order valence-electron chi connectivity index (χ3n) is 1.74. The molecule has 1 amide bonds. The molecule has 3 heteroatoms. The highest BCUT2D eigenvalue weighted by atomic mass is 79.9. The van der Waals surface area contributed by atoms with Crippen molar-refractivity contribution >= 4 is 21.8 Å². The summed E-state index contributed by atoms with van der Waals surface area (Å²) in [5, 5.41) is 0. The van der Waals surface area contributed by atoms with Gasteiger partial charge in [0.05, 0.1) is 6.42 Å². The first-order chi connectivity index (χ1) is 6.09. The highest BCUT2D eigenvalue weighted by molar-refractivity contribution is 9.10. The molecule has 0 N–H and O–H groups in total. The van der Waals surface area contributed by atoms with Gasteiger partial charge in [0, 0.05) is 18.6 Å². The summed E-state index contributed by atoms with van der Waals surface area (Å²) in [7, 11) is 3.53. The number of nitrogens with zero attached hydrogens (tertiary/aromatic N) is 1. The molecular formula is C10H12BrNO. The van der Waals surface area contributed by atoms with Gasteiger partial charge in [-0.2, -0.15) is 0 Å². The van der Waals surface area contributed by atoms with Crippen LogP contribution in [0.3, 0.4) is 0 Å². The number of carbonyl (C=O) groups excluding carboxylic acids is 1. The van der Waals surface area contributed by atoms with Gasteiger partial charge in [0.25, 0.3) is 0 Å². The van der Waals surface area contributed by atoms with E-state index in [-0.39, 0.29) is 5.91 Å². The summed E-state index contributed by atoms with van der Waals surface area (Å²) in [5.74, 6) is 0.123. The normalized spacial score (nSPS) is 9.77. The molecular weight excluding hydrogens is 230 g/mol. The molecule has 0 aromatic heterocycles. The number of carbonyl (C=O) groups is 1. The SMILES string of the molecule is CN(C)C(=O)Cc1cccc(Br)c1. The summed E-state index contributed by atoms with van der Waals surface area (Å²) in [6.45, 7) is 0. The van der Waals surface area contributed by atoms with Crippen LogP contribution in [-0.2, 0) is 11.2 Å². The number of hydrogen-bond acceptors (Lipinski definition) is 1. The molecule has 13 heavy (non-hydrogen) atoms. The molecule has 0 aliphatic rings. The minimum Gasteiger partial charge on any atom is -0.349 e. The van der Waals surface area contributed by atoms with E-state index in [1.807, 2.05) is 24.3 Å². The van der Waals surface area contributed by atoms with E-state index >= 15 is 0 Å². The molecule has 0 saturated heterocycles. The summed E-state index contributed by atoms with van der Waals surface area (Å²) in [6, 6.07) is 7.79. The lowest BCUT2D eigenvalue weighted by Gasteiger charge is -2.09. The zero-order chi connectivity index (χ0) is 9.84. The van der Waals surface area contributed by atoms with E-state index < -0.39 is 0 Å². The lowest BCUT2D eigenvalue weighted by atomic mass is 10.1. The molecule has 1 aromatic carbocycles. The first-order valence-corrected chi connectivity index (χ1v) is 4.83. The molecule has 1 rings (SSSR count). The van der Waals surface area contributed by atoms with Crippen LogP contribution in [0.1, 0.15) is 5.56 Å². The number of benzene rings is 1. The molecule has 0 atom stereocenters. The fourth-order valence-corrected chi connectivity index (χ4v) is 1.43. The van der Waals surface area contributed by atoms with E-state index in [1.54, 1.807) is 19.0 Å². The van der Waals surface area contributed by atoms with Gasteiger partial charge < -0.3 is 4.90 Å². The Morgan fingerprint density at radius 2 is 2.15 bits per heavy atom. The summed E-state index contributed by atoms with van der Waals surface area (Å²) in [6.07, 6.45) is 0.465. The van der Waals surface area contributed by atoms with Gasteiger partial charge in [-0.15, -0.1) is 0 Å². The summed E-state index contributed by atoms with van der Waals surface area (Å²) < 4.78 is 1.01. The van der Waals surface area contributed by atoms with Crippen LogP contribution in [0.25, 0.3) is 0 Å². The van der Waals surface area contributed by atoms with Crippen molar-refractivity contribution in [2.45, 2.75) is 6.42 Å². The minimum atomic E-state index is 0.123. The number of amides is 1. The van der Waals surface area contributed by atoms with Gasteiger partial charge in [-0.05, 0) is 17.7 Å². The van der Waals surface area contributed by atoms with Crippen molar-refractivity contribution in [3.05, 3.63) is 34.3 Å². The van der Waals surface area contributed by atoms with Crippen LogP contribution in [0, 0.1) is 0 Å². The molecule has 1 aromatic rings. The fraction of sp³-hybridized carbons (Fsp3) is 0.300. The van der Waals surface area contributed by atoms with E-state index in [1.165, 1.54) is 0 Å². The number of hydrogen-bond donors (Lipinski definition) is 0. The molecule has 0 bridgehead atoms. The third-order valence-corrected chi connectivity index (χ3v) is 2.24. The summed E-state index contributed by atoms with van der Waals surface area (Å²) in [4.78, 5) is 12.9. The van der Waals surface area contributed by atoms with Gasteiger partial charge in [0.2, 0.25) is 5.91 Å². The molecule has 0 aliphatic carbocycles. The van der Waals surface area contributed by atoms with Crippen molar-refractivity contribution in [1.82, 2.24) is 4.90 Å². The van der Waals surface area contributed by atoms with Gasteiger partial charge in [0.1, 0.15) is 0 Å². The van der Waals surface area contributed by atoms with E-state index in [2.05, 4.69) is 15.9 Å². The Morgan fingerprint density at radius 3 is 2.69 bits per heavy atom. The highest BCUT2D eigenvalue weighted by Gasteiger charge is 2.04. The average Bonchev–Trinajstić information content (AvgIpc) is 2.04. The molecule has 0 fully saturated rings. The Bertz CT molecular complexity index is 310. The Labute approximate surface area is 86.7 Å². The summed E-state index contributed by atoms with van der Waals surface area (Å²) >= 11 is 3.36. The zero-order valence-electron chi connectivity index (χ0n) is 7.75. The Balaban J connectivity index is 2.69. The highest BCUT2D eigenvalue weighted by Crippen LogP contribution is 2.12. The number of halogens is 1. The molecule has 0 heterocycles. The maximum Gasteiger partial charge on any atom is 0.226 e. The van der Waals surface area contributed by atoms with Crippen LogP contribution in [0.5, 0.6) is 0 Å². The van der Waals surface area contributed by atoms with Crippen molar-refractivity contribution in [2.75, 3.05) is 14.1 Å². The van der Waals surface area contributed by atoms with Crippen LogP contribution in [0.2, 0.25) is 0 Å². The van der Waals surface area contributed by atoms with Crippen LogP contribution in [-0.4, -0.2) is 24.9 Å². The number of likely N-dealkylation sites (N-methyl/N-ethyl adjacent to an activating group) is 1. The second-order valence-corrected chi connectivity index (χ2v) is 4.01. The minimum absolute atomic E-state index is 0.123. The first-order valence-electron chi connectivity index (χ1n) is 4.04. The quantitative estimate of drug-likeness (QED) is 0.777. The second kappa shape index (κ2) is 4.42. The second-order valence-electron chi connectivity index (χ2n) is 3.09. The van der Waals surface area contributed by atoms with Crippen molar-refractivity contribution in [3.63, 3.8) is 0 Å². The summed E-state index contributed by atoms with van der Waals surface area (Å²) in [5.41, 5.74) is 1.04. The zero-order valence-corrected chi connectivity index (χ0v) is 9.34. The van der Waals surface area contributed by atoms with Gasteiger partial charge in [-0.3, -0.25) is 4.79 Å². The van der Waals surface area contributed by atoms with E-state index in [0.29, 0.717) is 6.42 Å². The molecule has 0 saturated carbocycles. The molecule has 2 nitrogen and oxygen atoms in total. The standard InChI is InChI=1S/C10H12BrNO/c1-12(2)10(13)7-8-4-3-5-9(11)6-8/h3-6H,7H2,1-2H3. The Kier molecular flexibility index (Phi) is 3.48. The fourth-order valence-electron chi connectivity index (χ4n) is 0.980. The molecule has 0 aliphatic heterocycles. The monoisotopic (exact) mass is 241 g/mol. The van der Waals surface area contributed by atoms with Crippen molar-refractivity contribution in [1.29, 1.82) is 0 Å². The smallest absolute Gasteiger partial charge is 0.226 e. The third kappa shape index (κ3) is 3.19. The topological polar surface area (TPSA) is 20.3 Å². The van der Waals surface area contributed by atoms with E-state index in [4.69, 9.17) is 0 Å². The lowest BCUT2D eigenvalue weighted by Crippen LogP contribution is -2.23. The van der Waals surface area contributed by atoms with Crippen molar-refractivity contribution in [2.24, 2.45) is 0 Å². The number of rotatable bonds is 2. The molecule has 0 radical (unpaired) electrons. The van der Waals surface area contributed by atoms with Gasteiger partial charge in [-0.1, -0.05) is 28.1 Å². The average molecular weight is 242 g/mol. The van der Waals surface area contributed by atoms with Crippen molar-refractivity contribution < 1.29 is 4.79 Å². The predicted molar refractivity (Wildman–Crippen MR) is 56.5 cm³/mol. The van der Waals surface area contributed by atoms with Gasteiger partial charge >= 0.3 is 0 Å². The van der Waals surface area contributed by atoms with Crippen LogP contribution >= 0.6 is 15.9 Å².